The summed E-state index contributed by atoms with van der Waals surface area (Å²) in [6.07, 6.45) is 0.822. The SMILES string of the molecule is CC(C)c1ccc([C@H]2C[C@@H]2C(=O)NCCS(N)(=O)=O)cc1. The molecule has 1 aromatic carbocycles. The molecule has 2 atom stereocenters. The van der Waals surface area contributed by atoms with E-state index in [0.29, 0.717) is 5.92 Å². The van der Waals surface area contributed by atoms with Crippen molar-refractivity contribution >= 4 is 15.9 Å². The van der Waals surface area contributed by atoms with Crippen LogP contribution in [0.15, 0.2) is 24.3 Å². The molecule has 0 bridgehead atoms. The van der Waals surface area contributed by atoms with E-state index in [1.807, 2.05) is 0 Å². The molecule has 0 aliphatic heterocycles. The first-order chi connectivity index (χ1) is 9.78. The van der Waals surface area contributed by atoms with Crippen LogP contribution in [0.1, 0.15) is 43.2 Å². The van der Waals surface area contributed by atoms with Crippen molar-refractivity contribution < 1.29 is 13.2 Å². The lowest BCUT2D eigenvalue weighted by atomic mass is 10.00. The summed E-state index contributed by atoms with van der Waals surface area (Å²) in [7, 11) is -3.52. The molecule has 1 aliphatic rings. The number of benzene rings is 1. The summed E-state index contributed by atoms with van der Waals surface area (Å²) in [5.74, 6) is 0.391. The van der Waals surface area contributed by atoms with E-state index < -0.39 is 10.0 Å². The van der Waals surface area contributed by atoms with Crippen LogP contribution in [0.3, 0.4) is 0 Å². The largest absolute Gasteiger partial charge is 0.355 e. The van der Waals surface area contributed by atoms with Crippen LogP contribution >= 0.6 is 0 Å². The number of amides is 1. The van der Waals surface area contributed by atoms with Crippen LogP contribution in [0.4, 0.5) is 0 Å². The lowest BCUT2D eigenvalue weighted by molar-refractivity contribution is -0.122. The second-order valence-electron chi connectivity index (χ2n) is 5.93. The number of sulfonamides is 1. The molecule has 21 heavy (non-hydrogen) atoms. The monoisotopic (exact) mass is 310 g/mol. The Balaban J connectivity index is 1.85. The molecular weight excluding hydrogens is 288 g/mol. The van der Waals surface area contributed by atoms with E-state index in [9.17, 15) is 13.2 Å². The zero-order valence-electron chi connectivity index (χ0n) is 12.4. The number of nitrogens with two attached hydrogens (primary N) is 1. The Morgan fingerprint density at radius 3 is 2.48 bits per heavy atom. The van der Waals surface area contributed by atoms with Crippen molar-refractivity contribution in [3.8, 4) is 0 Å². The highest BCUT2D eigenvalue weighted by Crippen LogP contribution is 2.47. The first kappa shape index (κ1) is 16.0. The highest BCUT2D eigenvalue weighted by Gasteiger charge is 2.43. The number of hydrogen-bond acceptors (Lipinski definition) is 3. The highest BCUT2D eigenvalue weighted by molar-refractivity contribution is 7.89. The van der Waals surface area contributed by atoms with Crippen LogP contribution in [0.5, 0.6) is 0 Å². The number of nitrogens with one attached hydrogen (secondary N) is 1. The van der Waals surface area contributed by atoms with Gasteiger partial charge in [0.15, 0.2) is 0 Å². The van der Waals surface area contributed by atoms with Gasteiger partial charge in [0.1, 0.15) is 0 Å². The minimum Gasteiger partial charge on any atom is -0.355 e. The molecule has 0 aromatic heterocycles. The van der Waals surface area contributed by atoms with Crippen molar-refractivity contribution in [2.24, 2.45) is 11.1 Å². The van der Waals surface area contributed by atoms with E-state index >= 15 is 0 Å². The zero-order valence-corrected chi connectivity index (χ0v) is 13.2. The van der Waals surface area contributed by atoms with Crippen LogP contribution in [-0.2, 0) is 14.8 Å². The molecule has 5 nitrogen and oxygen atoms in total. The summed E-state index contributed by atoms with van der Waals surface area (Å²) >= 11 is 0. The Morgan fingerprint density at radius 2 is 1.95 bits per heavy atom. The van der Waals surface area contributed by atoms with Crippen LogP contribution in [-0.4, -0.2) is 26.6 Å². The molecule has 0 radical (unpaired) electrons. The third-order valence-corrected chi connectivity index (χ3v) is 4.62. The average molecular weight is 310 g/mol. The molecule has 0 spiro atoms. The van der Waals surface area contributed by atoms with Gasteiger partial charge < -0.3 is 5.32 Å². The van der Waals surface area contributed by atoms with Gasteiger partial charge in [-0.3, -0.25) is 4.79 Å². The summed E-state index contributed by atoms with van der Waals surface area (Å²) < 4.78 is 21.6. The number of carbonyl (C=O) groups is 1. The van der Waals surface area contributed by atoms with Gasteiger partial charge in [-0.15, -0.1) is 0 Å². The third-order valence-electron chi connectivity index (χ3n) is 3.84. The van der Waals surface area contributed by atoms with E-state index in [-0.39, 0.29) is 30.0 Å². The van der Waals surface area contributed by atoms with Crippen molar-refractivity contribution in [3.05, 3.63) is 35.4 Å². The normalized spacial score (nSPS) is 21.3. The Morgan fingerprint density at radius 1 is 1.33 bits per heavy atom. The molecule has 2 rings (SSSR count). The van der Waals surface area contributed by atoms with Crippen LogP contribution in [0.2, 0.25) is 0 Å². The smallest absolute Gasteiger partial charge is 0.223 e. The molecule has 116 valence electrons. The van der Waals surface area contributed by atoms with Crippen molar-refractivity contribution in [1.29, 1.82) is 0 Å². The fourth-order valence-electron chi connectivity index (χ4n) is 2.43. The van der Waals surface area contributed by atoms with Gasteiger partial charge in [0, 0.05) is 12.5 Å². The number of carbonyl (C=O) groups excluding carboxylic acids is 1. The standard InChI is InChI=1S/C15H22N2O3S/c1-10(2)11-3-5-12(6-4-11)13-9-14(13)15(18)17-7-8-21(16,19)20/h3-6,10,13-14H,7-9H2,1-2H3,(H,17,18)(H2,16,19,20)/t13-,14+/m1/s1. The highest BCUT2D eigenvalue weighted by atomic mass is 32.2. The van der Waals surface area contributed by atoms with Gasteiger partial charge in [0.05, 0.1) is 5.75 Å². The summed E-state index contributed by atoms with van der Waals surface area (Å²) in [4.78, 5) is 11.9. The van der Waals surface area contributed by atoms with Crippen molar-refractivity contribution in [2.45, 2.75) is 32.1 Å². The van der Waals surface area contributed by atoms with Gasteiger partial charge in [-0.2, -0.15) is 0 Å². The quantitative estimate of drug-likeness (QED) is 0.830. The van der Waals surface area contributed by atoms with Crippen molar-refractivity contribution in [1.82, 2.24) is 5.32 Å². The van der Waals surface area contributed by atoms with Crippen molar-refractivity contribution in [2.75, 3.05) is 12.3 Å². The van der Waals surface area contributed by atoms with E-state index in [0.717, 1.165) is 6.42 Å². The topological polar surface area (TPSA) is 89.3 Å². The van der Waals surface area contributed by atoms with Gasteiger partial charge in [0.2, 0.25) is 15.9 Å². The summed E-state index contributed by atoms with van der Waals surface area (Å²) in [6, 6.07) is 8.37. The summed E-state index contributed by atoms with van der Waals surface area (Å²) in [5, 5.41) is 7.52. The minimum atomic E-state index is -3.52. The molecule has 1 aromatic rings. The molecule has 1 aliphatic carbocycles. The fourth-order valence-corrected chi connectivity index (χ4v) is 2.82. The fraction of sp³-hybridized carbons (Fsp3) is 0.533. The Kier molecular flexibility index (Phi) is 4.68. The van der Waals surface area contributed by atoms with Crippen LogP contribution in [0, 0.1) is 5.92 Å². The second kappa shape index (κ2) is 6.15. The number of hydrogen-bond donors (Lipinski definition) is 2. The average Bonchev–Trinajstić information content (AvgIpc) is 3.17. The van der Waals surface area contributed by atoms with Gasteiger partial charge in [0.25, 0.3) is 0 Å². The van der Waals surface area contributed by atoms with Gasteiger partial charge in [-0.1, -0.05) is 38.1 Å². The number of primary sulfonamides is 1. The van der Waals surface area contributed by atoms with E-state index in [2.05, 4.69) is 43.4 Å². The molecule has 1 amide bonds. The predicted octanol–water partition coefficient (Wildman–Crippen LogP) is 1.32. The molecule has 0 heterocycles. The van der Waals surface area contributed by atoms with Crippen LogP contribution in [0.25, 0.3) is 0 Å². The molecule has 6 heteroatoms. The van der Waals surface area contributed by atoms with Crippen LogP contribution < -0.4 is 10.5 Å². The summed E-state index contributed by atoms with van der Waals surface area (Å²) in [6.45, 7) is 4.37. The molecule has 1 saturated carbocycles. The van der Waals surface area contributed by atoms with E-state index in [4.69, 9.17) is 5.14 Å². The maximum atomic E-state index is 11.9. The minimum absolute atomic E-state index is 0.0459. The third kappa shape index (κ3) is 4.54. The Labute approximate surface area is 126 Å². The first-order valence-electron chi connectivity index (χ1n) is 7.16. The van der Waals surface area contributed by atoms with E-state index in [1.165, 1.54) is 11.1 Å². The molecule has 3 N–H and O–H groups in total. The first-order valence-corrected chi connectivity index (χ1v) is 8.87. The lowest BCUT2D eigenvalue weighted by Gasteiger charge is -2.07. The molecular formula is C15H22N2O3S. The summed E-state index contributed by atoms with van der Waals surface area (Å²) in [5.41, 5.74) is 2.46. The predicted molar refractivity (Wildman–Crippen MR) is 82.4 cm³/mol. The van der Waals surface area contributed by atoms with Gasteiger partial charge >= 0.3 is 0 Å². The zero-order chi connectivity index (χ0) is 15.6. The Hall–Kier alpha value is -1.40. The van der Waals surface area contributed by atoms with E-state index in [1.54, 1.807) is 0 Å². The molecule has 1 fully saturated rings. The Bertz CT molecular complexity index is 608. The second-order valence-corrected chi connectivity index (χ2v) is 7.66. The molecule has 0 saturated heterocycles. The van der Waals surface area contributed by atoms with Gasteiger partial charge in [-0.05, 0) is 29.4 Å². The lowest BCUT2D eigenvalue weighted by Crippen LogP contribution is -2.32. The number of rotatable bonds is 6. The van der Waals surface area contributed by atoms with Crippen molar-refractivity contribution in [3.63, 3.8) is 0 Å². The maximum absolute atomic E-state index is 11.9. The van der Waals surface area contributed by atoms with Gasteiger partial charge in [-0.25, -0.2) is 13.6 Å². The maximum Gasteiger partial charge on any atom is 0.223 e. The molecule has 0 unspecified atom stereocenters.